The molecule has 0 atom stereocenters. The van der Waals surface area contributed by atoms with Crippen LogP contribution in [-0.2, 0) is 16.8 Å². The molecule has 1 N–H and O–H groups in total. The number of rotatable bonds is 7. The van der Waals surface area contributed by atoms with Gasteiger partial charge in [-0.1, -0.05) is 86.1 Å². The van der Waals surface area contributed by atoms with Crippen molar-refractivity contribution in [3.8, 4) is 11.4 Å². The monoisotopic (exact) mass is 489 g/mol. The third-order valence-electron chi connectivity index (χ3n) is 4.83. The lowest BCUT2D eigenvalue weighted by Gasteiger charge is -2.19. The predicted molar refractivity (Wildman–Crippen MR) is 133 cm³/mol. The molecule has 0 radical (unpaired) electrons. The molecular formula is C23H25Cl2N5OS. The van der Waals surface area contributed by atoms with Gasteiger partial charge in [-0.25, -0.2) is 4.98 Å². The first-order valence-corrected chi connectivity index (χ1v) is 11.7. The van der Waals surface area contributed by atoms with Gasteiger partial charge in [-0.15, -0.1) is 16.8 Å². The minimum absolute atomic E-state index is 0.0715. The molecule has 0 saturated carbocycles. The Kier molecular flexibility index (Phi) is 7.64. The first-order valence-electron chi connectivity index (χ1n) is 10.00. The fourth-order valence-corrected chi connectivity index (χ4v) is 4.10. The maximum atomic E-state index is 12.5. The van der Waals surface area contributed by atoms with Gasteiger partial charge in [0.05, 0.1) is 15.8 Å². The number of carbonyl (C=O) groups is 1. The molecule has 0 spiro atoms. The summed E-state index contributed by atoms with van der Waals surface area (Å²) in [6.45, 7) is 12.7. The van der Waals surface area contributed by atoms with Crippen molar-refractivity contribution in [2.24, 2.45) is 0 Å². The van der Waals surface area contributed by atoms with E-state index >= 15 is 0 Å². The molecule has 0 bridgehead atoms. The Morgan fingerprint density at radius 1 is 1.22 bits per heavy atom. The summed E-state index contributed by atoms with van der Waals surface area (Å²) in [4.78, 5) is 16.6. The fourth-order valence-electron chi connectivity index (χ4n) is 2.96. The largest absolute Gasteiger partial charge is 0.309 e. The Bertz CT molecular complexity index is 1140. The number of amides is 1. The van der Waals surface area contributed by atoms with E-state index in [0.29, 0.717) is 27.3 Å². The standard InChI is InChI=1S/C23H25Cl2N5OS/c1-6-11-30-21(15-7-9-16(10-8-15)23(3,4)5)28-29-22(30)32-13-18(31)27-20-19(25)14(2)17(24)12-26-20/h6-10,12H,1,11,13H2,2-5H3,(H,26,27,31). The van der Waals surface area contributed by atoms with E-state index in [-0.39, 0.29) is 22.9 Å². The van der Waals surface area contributed by atoms with Gasteiger partial charge < -0.3 is 5.32 Å². The van der Waals surface area contributed by atoms with Crippen LogP contribution in [0.25, 0.3) is 11.4 Å². The molecule has 3 aromatic rings. The molecule has 1 aromatic carbocycles. The van der Waals surface area contributed by atoms with Crippen LogP contribution in [0.5, 0.6) is 0 Å². The van der Waals surface area contributed by atoms with Crippen LogP contribution in [0.2, 0.25) is 10.0 Å². The highest BCUT2D eigenvalue weighted by Crippen LogP contribution is 2.30. The zero-order valence-electron chi connectivity index (χ0n) is 18.4. The van der Waals surface area contributed by atoms with Gasteiger partial charge in [-0.05, 0) is 23.5 Å². The molecule has 1 amide bonds. The number of thioether (sulfide) groups is 1. The number of halogens is 2. The summed E-state index contributed by atoms with van der Waals surface area (Å²) < 4.78 is 1.94. The molecule has 3 rings (SSSR count). The van der Waals surface area contributed by atoms with Gasteiger partial charge in [0.25, 0.3) is 0 Å². The van der Waals surface area contributed by atoms with E-state index in [4.69, 9.17) is 23.2 Å². The van der Waals surface area contributed by atoms with Crippen molar-refractivity contribution < 1.29 is 4.79 Å². The first-order chi connectivity index (χ1) is 15.1. The summed E-state index contributed by atoms with van der Waals surface area (Å²) in [5.41, 5.74) is 2.93. The summed E-state index contributed by atoms with van der Waals surface area (Å²) in [5.74, 6) is 0.880. The molecule has 0 aliphatic rings. The highest BCUT2D eigenvalue weighted by molar-refractivity contribution is 7.99. The topological polar surface area (TPSA) is 72.7 Å². The average molecular weight is 490 g/mol. The minimum Gasteiger partial charge on any atom is -0.309 e. The highest BCUT2D eigenvalue weighted by atomic mass is 35.5. The molecule has 2 heterocycles. The van der Waals surface area contributed by atoms with E-state index in [2.05, 4.69) is 60.0 Å². The Morgan fingerprint density at radius 3 is 2.53 bits per heavy atom. The number of carbonyl (C=O) groups excluding carboxylic acids is 1. The van der Waals surface area contributed by atoms with E-state index in [1.807, 2.05) is 16.7 Å². The Balaban J connectivity index is 1.75. The number of anilines is 1. The van der Waals surface area contributed by atoms with Crippen molar-refractivity contribution in [2.45, 2.75) is 44.8 Å². The van der Waals surface area contributed by atoms with E-state index in [9.17, 15) is 4.79 Å². The summed E-state index contributed by atoms with van der Waals surface area (Å²) in [7, 11) is 0. The van der Waals surface area contributed by atoms with Gasteiger partial charge >= 0.3 is 0 Å². The molecule has 168 valence electrons. The number of nitrogens with one attached hydrogen (secondary N) is 1. The maximum absolute atomic E-state index is 12.5. The summed E-state index contributed by atoms with van der Waals surface area (Å²) in [6, 6.07) is 8.30. The molecule has 32 heavy (non-hydrogen) atoms. The second-order valence-electron chi connectivity index (χ2n) is 8.26. The Morgan fingerprint density at radius 2 is 1.91 bits per heavy atom. The predicted octanol–water partition coefficient (Wildman–Crippen LogP) is 6.17. The lowest BCUT2D eigenvalue weighted by Crippen LogP contribution is -2.16. The number of nitrogens with zero attached hydrogens (tertiary/aromatic N) is 4. The zero-order chi connectivity index (χ0) is 23.5. The van der Waals surface area contributed by atoms with E-state index in [0.717, 1.165) is 11.4 Å². The Hall–Kier alpha value is -2.35. The smallest absolute Gasteiger partial charge is 0.236 e. The van der Waals surface area contributed by atoms with Crippen molar-refractivity contribution in [3.05, 3.63) is 64.3 Å². The molecule has 0 fully saturated rings. The first kappa shape index (κ1) is 24.3. The summed E-state index contributed by atoms with van der Waals surface area (Å²) in [6.07, 6.45) is 3.24. The molecule has 0 unspecified atom stereocenters. The van der Waals surface area contributed by atoms with Crippen molar-refractivity contribution in [1.82, 2.24) is 19.7 Å². The van der Waals surface area contributed by atoms with Crippen LogP contribution in [0.3, 0.4) is 0 Å². The SMILES string of the molecule is C=CCn1c(SCC(=O)Nc2ncc(Cl)c(C)c2Cl)nnc1-c1ccc(C(C)(C)C)cc1. The second kappa shape index (κ2) is 10.1. The molecule has 2 aromatic heterocycles. The van der Waals surface area contributed by atoms with Crippen LogP contribution in [0.15, 0.2) is 48.3 Å². The van der Waals surface area contributed by atoms with Crippen LogP contribution in [0.1, 0.15) is 31.9 Å². The number of pyridine rings is 1. The van der Waals surface area contributed by atoms with Crippen molar-refractivity contribution in [2.75, 3.05) is 11.1 Å². The number of aromatic nitrogens is 4. The number of benzene rings is 1. The average Bonchev–Trinajstić information content (AvgIpc) is 3.15. The molecule has 0 aliphatic heterocycles. The third-order valence-corrected chi connectivity index (χ3v) is 6.64. The molecule has 0 aliphatic carbocycles. The van der Waals surface area contributed by atoms with Crippen LogP contribution in [0, 0.1) is 6.92 Å². The van der Waals surface area contributed by atoms with Gasteiger partial charge in [-0.3, -0.25) is 9.36 Å². The van der Waals surface area contributed by atoms with Crippen molar-refractivity contribution in [3.63, 3.8) is 0 Å². The zero-order valence-corrected chi connectivity index (χ0v) is 20.8. The highest BCUT2D eigenvalue weighted by Gasteiger charge is 2.18. The van der Waals surface area contributed by atoms with Gasteiger partial charge in [0, 0.05) is 18.3 Å². The van der Waals surface area contributed by atoms with Crippen LogP contribution >= 0.6 is 35.0 Å². The van der Waals surface area contributed by atoms with Crippen LogP contribution in [-0.4, -0.2) is 31.4 Å². The molecule has 0 saturated heterocycles. The van der Waals surface area contributed by atoms with E-state index in [1.165, 1.54) is 23.5 Å². The number of hydrogen-bond donors (Lipinski definition) is 1. The van der Waals surface area contributed by atoms with Crippen molar-refractivity contribution >= 4 is 46.7 Å². The molecule has 6 nitrogen and oxygen atoms in total. The fraction of sp³-hybridized carbons (Fsp3) is 0.304. The quantitative estimate of drug-likeness (QED) is 0.317. The lowest BCUT2D eigenvalue weighted by molar-refractivity contribution is -0.113. The van der Waals surface area contributed by atoms with Crippen molar-refractivity contribution in [1.29, 1.82) is 0 Å². The van der Waals surface area contributed by atoms with Crippen LogP contribution in [0.4, 0.5) is 5.82 Å². The summed E-state index contributed by atoms with van der Waals surface area (Å²) in [5, 5.41) is 12.8. The van der Waals surface area contributed by atoms with Gasteiger partial charge in [0.2, 0.25) is 5.91 Å². The number of allylic oxidation sites excluding steroid dienone is 1. The minimum atomic E-state index is -0.254. The maximum Gasteiger partial charge on any atom is 0.236 e. The van der Waals surface area contributed by atoms with E-state index in [1.54, 1.807) is 13.0 Å². The Labute approximate surface area is 202 Å². The van der Waals surface area contributed by atoms with Gasteiger partial charge in [0.15, 0.2) is 16.8 Å². The van der Waals surface area contributed by atoms with Gasteiger partial charge in [0.1, 0.15) is 0 Å². The molecular weight excluding hydrogens is 465 g/mol. The second-order valence-corrected chi connectivity index (χ2v) is 9.99. The van der Waals surface area contributed by atoms with Crippen LogP contribution < -0.4 is 5.32 Å². The van der Waals surface area contributed by atoms with Gasteiger partial charge in [-0.2, -0.15) is 0 Å². The normalized spacial score (nSPS) is 11.4. The number of hydrogen-bond acceptors (Lipinski definition) is 5. The summed E-state index contributed by atoms with van der Waals surface area (Å²) >= 11 is 13.5. The third kappa shape index (κ3) is 5.52. The van der Waals surface area contributed by atoms with E-state index < -0.39 is 0 Å². The lowest BCUT2D eigenvalue weighted by atomic mass is 9.87. The molecule has 9 heteroatoms.